The van der Waals surface area contributed by atoms with Crippen LogP contribution in [-0.4, -0.2) is 57.4 Å². The highest BCUT2D eigenvalue weighted by molar-refractivity contribution is 6.08. The van der Waals surface area contributed by atoms with E-state index in [4.69, 9.17) is 4.74 Å². The Morgan fingerprint density at radius 2 is 1.97 bits per heavy atom. The molecule has 0 saturated carbocycles. The number of nitrogens with one attached hydrogen (secondary N) is 2. The molecule has 10 heteroatoms. The number of hydrogen-bond acceptors (Lipinski definition) is 7. The summed E-state index contributed by atoms with van der Waals surface area (Å²) in [6, 6.07) is 4.34. The number of amides is 1. The quantitative estimate of drug-likeness (QED) is 0.623. The van der Waals surface area contributed by atoms with Gasteiger partial charge in [-0.15, -0.1) is 12.4 Å². The van der Waals surface area contributed by atoms with Crippen molar-refractivity contribution in [2.75, 3.05) is 29.9 Å². The number of carbonyl (C=O) groups excluding carboxylic acids is 1. The normalized spacial score (nSPS) is 18.5. The van der Waals surface area contributed by atoms with Gasteiger partial charge < -0.3 is 20.3 Å². The molecule has 1 aliphatic heterocycles. The van der Waals surface area contributed by atoms with Crippen molar-refractivity contribution in [2.45, 2.75) is 32.9 Å². The second kappa shape index (κ2) is 9.49. The van der Waals surface area contributed by atoms with Crippen LogP contribution in [-0.2, 0) is 7.05 Å². The van der Waals surface area contributed by atoms with Gasteiger partial charge in [0.25, 0.3) is 5.91 Å². The Morgan fingerprint density at radius 3 is 2.61 bits per heavy atom. The van der Waals surface area contributed by atoms with Crippen LogP contribution in [0.3, 0.4) is 0 Å². The summed E-state index contributed by atoms with van der Waals surface area (Å²) in [4.78, 5) is 24.0. The van der Waals surface area contributed by atoms with Gasteiger partial charge in [0.05, 0.1) is 30.1 Å². The molecule has 0 aliphatic carbocycles. The molecule has 1 saturated heterocycles. The highest BCUT2D eigenvalue weighted by atomic mass is 35.5. The van der Waals surface area contributed by atoms with E-state index in [0.717, 1.165) is 29.8 Å². The summed E-state index contributed by atoms with van der Waals surface area (Å²) in [7, 11) is 1.84. The molecule has 1 amide bonds. The molecule has 0 spiro atoms. The van der Waals surface area contributed by atoms with Gasteiger partial charge in [-0.2, -0.15) is 5.10 Å². The number of piperazine rings is 1. The second-order valence-electron chi connectivity index (χ2n) is 7.73. The number of benzene rings is 1. The maximum Gasteiger partial charge on any atom is 0.260 e. The molecule has 3 aromatic rings. The van der Waals surface area contributed by atoms with Crippen LogP contribution >= 0.6 is 12.4 Å². The van der Waals surface area contributed by atoms with Crippen molar-refractivity contribution >= 4 is 40.9 Å². The number of halogens is 1. The predicted octanol–water partition coefficient (Wildman–Crippen LogP) is 2.62. The number of rotatable bonds is 5. The van der Waals surface area contributed by atoms with Gasteiger partial charge in [-0.3, -0.25) is 9.48 Å². The Kier molecular flexibility index (Phi) is 6.97. The van der Waals surface area contributed by atoms with E-state index in [1.54, 1.807) is 29.2 Å². The van der Waals surface area contributed by atoms with Gasteiger partial charge in [0, 0.05) is 49.9 Å². The van der Waals surface area contributed by atoms with E-state index in [0.29, 0.717) is 35.8 Å². The van der Waals surface area contributed by atoms with Gasteiger partial charge in [0.2, 0.25) is 0 Å². The van der Waals surface area contributed by atoms with Crippen LogP contribution < -0.4 is 20.3 Å². The van der Waals surface area contributed by atoms with E-state index in [1.807, 2.05) is 20.2 Å². The highest BCUT2D eigenvalue weighted by Gasteiger charge is 2.22. The Bertz CT molecular complexity index is 1040. The van der Waals surface area contributed by atoms with E-state index in [2.05, 4.69) is 44.4 Å². The number of aryl methyl sites for hydroxylation is 1. The first-order valence-corrected chi connectivity index (χ1v) is 10.2. The molecular weight excluding hydrogens is 418 g/mol. The summed E-state index contributed by atoms with van der Waals surface area (Å²) in [6.45, 7) is 8.38. The smallest absolute Gasteiger partial charge is 0.260 e. The number of anilines is 2. The molecule has 3 heterocycles. The number of aromatic nitrogens is 4. The van der Waals surface area contributed by atoms with Gasteiger partial charge in [0.15, 0.2) is 5.82 Å². The third-order valence-corrected chi connectivity index (χ3v) is 5.03. The first-order chi connectivity index (χ1) is 14.4. The molecule has 1 aromatic carbocycles. The lowest BCUT2D eigenvalue weighted by Crippen LogP contribution is -2.54. The lowest BCUT2D eigenvalue weighted by molar-refractivity contribution is 0.102. The molecule has 1 fully saturated rings. The summed E-state index contributed by atoms with van der Waals surface area (Å²) < 4.78 is 7.39. The van der Waals surface area contributed by atoms with Crippen LogP contribution in [0.4, 0.5) is 11.6 Å². The molecule has 0 bridgehead atoms. The summed E-state index contributed by atoms with van der Waals surface area (Å²) in [5.74, 6) is 1.40. The number of hydrogen-bond donors (Lipinski definition) is 2. The summed E-state index contributed by atoms with van der Waals surface area (Å²) >= 11 is 0. The molecule has 31 heavy (non-hydrogen) atoms. The van der Waals surface area contributed by atoms with Crippen molar-refractivity contribution in [3.8, 4) is 5.75 Å². The first-order valence-electron chi connectivity index (χ1n) is 10.2. The fraction of sp³-hybridized carbons (Fsp3) is 0.429. The molecule has 0 unspecified atom stereocenters. The van der Waals surface area contributed by atoms with Crippen LogP contribution in [0.1, 0.15) is 31.1 Å². The van der Waals surface area contributed by atoms with Gasteiger partial charge in [-0.25, -0.2) is 9.97 Å². The predicted molar refractivity (Wildman–Crippen MR) is 123 cm³/mol. The second-order valence-corrected chi connectivity index (χ2v) is 7.73. The maximum atomic E-state index is 12.9. The van der Waals surface area contributed by atoms with E-state index >= 15 is 0 Å². The zero-order chi connectivity index (χ0) is 21.3. The number of fused-ring (bicyclic) bond motifs is 1. The fourth-order valence-electron chi connectivity index (χ4n) is 3.87. The highest BCUT2D eigenvalue weighted by Crippen LogP contribution is 2.26. The average Bonchev–Trinajstić information content (AvgIpc) is 3.06. The third-order valence-electron chi connectivity index (χ3n) is 5.03. The SMILES string of the molecule is CCOc1cc2nn(C)cc2cc1C(=O)Nc1cnc(N2C[C@@H](C)N[C@@H](C)C2)cn1.Cl. The van der Waals surface area contributed by atoms with E-state index in [9.17, 15) is 4.79 Å². The van der Waals surface area contributed by atoms with Gasteiger partial charge in [0.1, 0.15) is 11.6 Å². The van der Waals surface area contributed by atoms with Crippen molar-refractivity contribution < 1.29 is 9.53 Å². The molecule has 2 aromatic heterocycles. The lowest BCUT2D eigenvalue weighted by Gasteiger charge is -2.36. The van der Waals surface area contributed by atoms with E-state index in [1.165, 1.54) is 0 Å². The van der Waals surface area contributed by atoms with Crippen molar-refractivity contribution in [1.82, 2.24) is 25.1 Å². The van der Waals surface area contributed by atoms with Crippen molar-refractivity contribution in [2.24, 2.45) is 7.05 Å². The Morgan fingerprint density at radius 1 is 1.23 bits per heavy atom. The van der Waals surface area contributed by atoms with E-state index < -0.39 is 0 Å². The fourth-order valence-corrected chi connectivity index (χ4v) is 3.87. The minimum absolute atomic E-state index is 0. The number of nitrogens with zero attached hydrogens (tertiary/aromatic N) is 5. The molecule has 1 aliphatic rings. The molecule has 4 rings (SSSR count). The third kappa shape index (κ3) is 5.05. The largest absolute Gasteiger partial charge is 0.493 e. The summed E-state index contributed by atoms with van der Waals surface area (Å²) in [6.07, 6.45) is 5.16. The van der Waals surface area contributed by atoms with Crippen LogP contribution in [0.25, 0.3) is 10.9 Å². The first kappa shape index (κ1) is 22.8. The topological polar surface area (TPSA) is 97.2 Å². The molecule has 2 N–H and O–H groups in total. The van der Waals surface area contributed by atoms with Gasteiger partial charge >= 0.3 is 0 Å². The molecular formula is C21H28ClN7O2. The minimum atomic E-state index is -0.296. The van der Waals surface area contributed by atoms with E-state index in [-0.39, 0.29) is 18.3 Å². The molecule has 0 radical (unpaired) electrons. The van der Waals surface area contributed by atoms with Crippen LogP contribution in [0.2, 0.25) is 0 Å². The summed E-state index contributed by atoms with van der Waals surface area (Å²) in [5, 5.41) is 11.6. The Hall–Kier alpha value is -2.91. The number of ether oxygens (including phenoxy) is 1. The standard InChI is InChI=1S/C21H27N7O2.ClH/c1-5-30-18-7-17-15(12-27(4)26-17)6-16(18)21(29)25-19-8-23-20(9-22-19)28-10-13(2)24-14(3)11-28;/h6-9,12-14,24H,5,10-11H2,1-4H3,(H,22,25,29);1H/t13-,14+;. The minimum Gasteiger partial charge on any atom is -0.493 e. The van der Waals surface area contributed by atoms with Crippen LogP contribution in [0, 0.1) is 0 Å². The Labute approximate surface area is 187 Å². The average molecular weight is 446 g/mol. The van der Waals surface area contributed by atoms with Gasteiger partial charge in [-0.1, -0.05) is 0 Å². The molecule has 9 nitrogen and oxygen atoms in total. The number of carbonyl (C=O) groups is 1. The zero-order valence-electron chi connectivity index (χ0n) is 18.1. The van der Waals surface area contributed by atoms with Crippen LogP contribution in [0.5, 0.6) is 5.75 Å². The van der Waals surface area contributed by atoms with Crippen molar-refractivity contribution in [3.63, 3.8) is 0 Å². The monoisotopic (exact) mass is 445 g/mol. The van der Waals surface area contributed by atoms with Gasteiger partial charge in [-0.05, 0) is 26.8 Å². The zero-order valence-corrected chi connectivity index (χ0v) is 18.9. The molecule has 166 valence electrons. The molecule has 2 atom stereocenters. The maximum absolute atomic E-state index is 12.9. The van der Waals surface area contributed by atoms with Crippen molar-refractivity contribution in [3.05, 3.63) is 36.3 Å². The summed E-state index contributed by atoms with van der Waals surface area (Å²) in [5.41, 5.74) is 1.22. The van der Waals surface area contributed by atoms with Crippen molar-refractivity contribution in [1.29, 1.82) is 0 Å². The lowest BCUT2D eigenvalue weighted by atomic mass is 10.1. The Balaban J connectivity index is 0.00000272. The van der Waals surface area contributed by atoms with Crippen LogP contribution in [0.15, 0.2) is 30.7 Å².